The predicted molar refractivity (Wildman–Crippen MR) is 58.2 cm³/mol. The molecule has 2 heterocycles. The SMILES string of the molecule is O=C(NC1CCC1)c1cn2ccsc2n1. The molecule has 78 valence electrons. The number of carbonyl (C=O) groups is 1. The van der Waals surface area contributed by atoms with Crippen LogP contribution in [0.4, 0.5) is 0 Å². The van der Waals surface area contributed by atoms with E-state index in [1.807, 2.05) is 16.0 Å². The van der Waals surface area contributed by atoms with Crippen molar-refractivity contribution in [2.45, 2.75) is 25.3 Å². The van der Waals surface area contributed by atoms with Crippen molar-refractivity contribution in [2.75, 3.05) is 0 Å². The van der Waals surface area contributed by atoms with Gasteiger partial charge in [-0.2, -0.15) is 0 Å². The molecule has 3 rings (SSSR count). The van der Waals surface area contributed by atoms with Crippen LogP contribution in [0.15, 0.2) is 17.8 Å². The number of amides is 1. The zero-order chi connectivity index (χ0) is 10.3. The van der Waals surface area contributed by atoms with Crippen LogP contribution in [0.1, 0.15) is 29.8 Å². The van der Waals surface area contributed by atoms with E-state index in [2.05, 4.69) is 10.3 Å². The van der Waals surface area contributed by atoms with Gasteiger partial charge >= 0.3 is 0 Å². The second kappa shape index (κ2) is 3.34. The highest BCUT2D eigenvalue weighted by Gasteiger charge is 2.21. The number of imidazole rings is 1. The number of nitrogens with zero attached hydrogens (tertiary/aromatic N) is 2. The molecule has 0 saturated heterocycles. The molecule has 2 aromatic heterocycles. The molecule has 1 fully saturated rings. The zero-order valence-electron chi connectivity index (χ0n) is 8.14. The van der Waals surface area contributed by atoms with Crippen molar-refractivity contribution in [3.05, 3.63) is 23.5 Å². The second-order valence-corrected chi connectivity index (χ2v) is 4.69. The number of hydrogen-bond acceptors (Lipinski definition) is 3. The lowest BCUT2D eigenvalue weighted by Gasteiger charge is -2.25. The fourth-order valence-corrected chi connectivity index (χ4v) is 2.35. The molecule has 0 aromatic carbocycles. The third kappa shape index (κ3) is 1.52. The average molecular weight is 221 g/mol. The van der Waals surface area contributed by atoms with Gasteiger partial charge in [-0.3, -0.25) is 9.20 Å². The topological polar surface area (TPSA) is 46.4 Å². The van der Waals surface area contributed by atoms with Crippen molar-refractivity contribution < 1.29 is 4.79 Å². The first kappa shape index (κ1) is 8.91. The van der Waals surface area contributed by atoms with Gasteiger partial charge in [-0.1, -0.05) is 0 Å². The number of thiazole rings is 1. The number of carbonyl (C=O) groups excluding carboxylic acids is 1. The van der Waals surface area contributed by atoms with Crippen molar-refractivity contribution in [3.8, 4) is 0 Å². The van der Waals surface area contributed by atoms with Gasteiger partial charge in [-0.05, 0) is 19.3 Å². The molecule has 0 atom stereocenters. The van der Waals surface area contributed by atoms with Gasteiger partial charge in [0.05, 0.1) is 0 Å². The lowest BCUT2D eigenvalue weighted by Crippen LogP contribution is -2.39. The van der Waals surface area contributed by atoms with E-state index in [1.165, 1.54) is 17.8 Å². The summed E-state index contributed by atoms with van der Waals surface area (Å²) in [6.07, 6.45) is 7.12. The second-order valence-electron chi connectivity index (χ2n) is 3.82. The number of nitrogens with one attached hydrogen (secondary N) is 1. The molecular weight excluding hydrogens is 210 g/mol. The van der Waals surface area contributed by atoms with Gasteiger partial charge < -0.3 is 5.32 Å². The van der Waals surface area contributed by atoms with Crippen LogP contribution in [0.3, 0.4) is 0 Å². The van der Waals surface area contributed by atoms with Crippen LogP contribution in [0.5, 0.6) is 0 Å². The van der Waals surface area contributed by atoms with Gasteiger partial charge in [0, 0.05) is 23.8 Å². The Hall–Kier alpha value is -1.36. The normalized spacial score (nSPS) is 16.5. The van der Waals surface area contributed by atoms with Gasteiger partial charge in [-0.25, -0.2) is 4.98 Å². The van der Waals surface area contributed by atoms with Gasteiger partial charge in [-0.15, -0.1) is 11.3 Å². The Morgan fingerprint density at radius 1 is 1.60 bits per heavy atom. The molecule has 15 heavy (non-hydrogen) atoms. The molecule has 2 aromatic rings. The first-order valence-electron chi connectivity index (χ1n) is 5.06. The zero-order valence-corrected chi connectivity index (χ0v) is 8.96. The van der Waals surface area contributed by atoms with Crippen molar-refractivity contribution >= 4 is 22.2 Å². The Labute approximate surface area is 90.9 Å². The Morgan fingerprint density at radius 2 is 2.47 bits per heavy atom. The van der Waals surface area contributed by atoms with Gasteiger partial charge in [0.2, 0.25) is 0 Å². The molecule has 0 radical (unpaired) electrons. The Balaban J connectivity index is 1.80. The smallest absolute Gasteiger partial charge is 0.271 e. The summed E-state index contributed by atoms with van der Waals surface area (Å²) in [5, 5.41) is 4.93. The maximum Gasteiger partial charge on any atom is 0.271 e. The van der Waals surface area contributed by atoms with E-state index in [0.29, 0.717) is 11.7 Å². The lowest BCUT2D eigenvalue weighted by molar-refractivity contribution is 0.0912. The van der Waals surface area contributed by atoms with E-state index in [-0.39, 0.29) is 5.91 Å². The minimum atomic E-state index is -0.0457. The number of aromatic nitrogens is 2. The quantitative estimate of drug-likeness (QED) is 0.838. The molecule has 4 nitrogen and oxygen atoms in total. The van der Waals surface area contributed by atoms with Crippen LogP contribution < -0.4 is 5.32 Å². The fourth-order valence-electron chi connectivity index (χ4n) is 1.65. The van der Waals surface area contributed by atoms with Crippen molar-refractivity contribution in [2.24, 2.45) is 0 Å². The molecular formula is C10H11N3OS. The van der Waals surface area contributed by atoms with Gasteiger partial charge in [0.1, 0.15) is 5.69 Å². The highest BCUT2D eigenvalue weighted by molar-refractivity contribution is 7.15. The molecule has 0 unspecified atom stereocenters. The molecule has 1 N–H and O–H groups in total. The summed E-state index contributed by atoms with van der Waals surface area (Å²) in [6.45, 7) is 0. The van der Waals surface area contributed by atoms with Gasteiger partial charge in [0.15, 0.2) is 4.96 Å². The van der Waals surface area contributed by atoms with E-state index in [4.69, 9.17) is 0 Å². The number of rotatable bonds is 2. The predicted octanol–water partition coefficient (Wildman–Crippen LogP) is 1.68. The Kier molecular flexibility index (Phi) is 1.98. The van der Waals surface area contributed by atoms with Crippen LogP contribution in [0.2, 0.25) is 0 Å². The Bertz CT molecular complexity index is 469. The summed E-state index contributed by atoms with van der Waals surface area (Å²) in [4.78, 5) is 16.9. The molecule has 0 aliphatic heterocycles. The van der Waals surface area contributed by atoms with E-state index < -0.39 is 0 Å². The first-order valence-corrected chi connectivity index (χ1v) is 5.94. The van der Waals surface area contributed by atoms with Crippen LogP contribution in [-0.4, -0.2) is 21.3 Å². The third-order valence-electron chi connectivity index (χ3n) is 2.77. The van der Waals surface area contributed by atoms with Crippen molar-refractivity contribution in [3.63, 3.8) is 0 Å². The van der Waals surface area contributed by atoms with Crippen LogP contribution in [0, 0.1) is 0 Å². The largest absolute Gasteiger partial charge is 0.348 e. The first-order chi connectivity index (χ1) is 7.33. The summed E-state index contributed by atoms with van der Waals surface area (Å²) >= 11 is 1.54. The molecule has 1 saturated carbocycles. The minimum absolute atomic E-state index is 0.0457. The van der Waals surface area contributed by atoms with Crippen LogP contribution in [-0.2, 0) is 0 Å². The summed E-state index contributed by atoms with van der Waals surface area (Å²) in [6, 6.07) is 0.372. The molecule has 1 amide bonds. The number of fused-ring (bicyclic) bond motifs is 1. The maximum atomic E-state index is 11.7. The summed E-state index contributed by atoms with van der Waals surface area (Å²) < 4.78 is 1.88. The van der Waals surface area contributed by atoms with E-state index in [9.17, 15) is 4.79 Å². The third-order valence-corrected chi connectivity index (χ3v) is 3.54. The summed E-state index contributed by atoms with van der Waals surface area (Å²) in [5.74, 6) is -0.0457. The maximum absolute atomic E-state index is 11.7. The standard InChI is InChI=1S/C10H11N3OS/c14-9(11-7-2-1-3-7)8-6-13-4-5-15-10(13)12-8/h4-7H,1-3H2,(H,11,14). The molecule has 0 spiro atoms. The number of hydrogen-bond donors (Lipinski definition) is 1. The van der Waals surface area contributed by atoms with E-state index >= 15 is 0 Å². The highest BCUT2D eigenvalue weighted by Crippen LogP contribution is 2.19. The monoisotopic (exact) mass is 221 g/mol. The Morgan fingerprint density at radius 3 is 3.13 bits per heavy atom. The average Bonchev–Trinajstić information content (AvgIpc) is 2.69. The lowest BCUT2D eigenvalue weighted by atomic mass is 9.93. The summed E-state index contributed by atoms with van der Waals surface area (Å²) in [7, 11) is 0. The van der Waals surface area contributed by atoms with Crippen LogP contribution >= 0.6 is 11.3 Å². The molecule has 5 heteroatoms. The molecule has 0 bridgehead atoms. The highest BCUT2D eigenvalue weighted by atomic mass is 32.1. The van der Waals surface area contributed by atoms with Crippen molar-refractivity contribution in [1.82, 2.24) is 14.7 Å². The fraction of sp³-hybridized carbons (Fsp3) is 0.400. The van der Waals surface area contributed by atoms with Gasteiger partial charge in [0.25, 0.3) is 5.91 Å². The van der Waals surface area contributed by atoms with E-state index in [1.54, 1.807) is 6.20 Å². The summed E-state index contributed by atoms with van der Waals surface area (Å²) in [5.41, 5.74) is 0.522. The minimum Gasteiger partial charge on any atom is -0.348 e. The van der Waals surface area contributed by atoms with Crippen molar-refractivity contribution in [1.29, 1.82) is 0 Å². The molecule has 1 aliphatic rings. The van der Waals surface area contributed by atoms with Crippen LogP contribution in [0.25, 0.3) is 4.96 Å². The van der Waals surface area contributed by atoms with E-state index in [0.717, 1.165) is 17.8 Å². The molecule has 1 aliphatic carbocycles.